The zero-order valence-electron chi connectivity index (χ0n) is 11.2. The predicted octanol–water partition coefficient (Wildman–Crippen LogP) is 2.16. The van der Waals surface area contributed by atoms with Gasteiger partial charge in [0.15, 0.2) is 11.6 Å². The summed E-state index contributed by atoms with van der Waals surface area (Å²) >= 11 is 1.57. The molecule has 2 aromatic heterocycles. The minimum absolute atomic E-state index is 0.0351. The third kappa shape index (κ3) is 2.76. The maximum atomic E-state index is 5.82. The molecule has 2 heterocycles. The smallest absolute Gasteiger partial charge is 0.177 e. The molecule has 18 heavy (non-hydrogen) atoms. The molecule has 0 aliphatic heterocycles. The molecular weight excluding hydrogens is 246 g/mol. The normalized spacial score (nSPS) is 13.2. The molecule has 1 unspecified atom stereocenters. The van der Waals surface area contributed by atoms with Gasteiger partial charge in [-0.05, 0) is 12.8 Å². The topological polar surface area (TPSA) is 69.6 Å². The quantitative estimate of drug-likeness (QED) is 0.919. The second kappa shape index (κ2) is 5.16. The number of rotatable bonds is 4. The second-order valence-electron chi connectivity index (χ2n) is 4.93. The lowest BCUT2D eigenvalue weighted by Crippen LogP contribution is -2.04. The Labute approximate surface area is 111 Å². The Morgan fingerprint density at radius 3 is 2.61 bits per heavy atom. The van der Waals surface area contributed by atoms with Crippen molar-refractivity contribution >= 4 is 11.3 Å². The third-order valence-corrected chi connectivity index (χ3v) is 3.58. The zero-order valence-corrected chi connectivity index (χ0v) is 12.0. The first-order valence-corrected chi connectivity index (χ1v) is 6.96. The first-order chi connectivity index (χ1) is 8.47. The van der Waals surface area contributed by atoms with Crippen LogP contribution in [0.25, 0.3) is 11.5 Å². The Kier molecular flexibility index (Phi) is 3.77. The maximum absolute atomic E-state index is 5.82. The lowest BCUT2D eigenvalue weighted by Gasteiger charge is -1.97. The maximum Gasteiger partial charge on any atom is 0.177 e. The number of thiazole rings is 1. The van der Waals surface area contributed by atoms with Crippen LogP contribution in [0, 0.1) is 5.92 Å². The van der Waals surface area contributed by atoms with Gasteiger partial charge in [0.1, 0.15) is 10.7 Å². The predicted molar refractivity (Wildman–Crippen MR) is 73.3 cm³/mol. The zero-order chi connectivity index (χ0) is 13.3. The van der Waals surface area contributed by atoms with Gasteiger partial charge in [-0.2, -0.15) is 5.10 Å². The summed E-state index contributed by atoms with van der Waals surface area (Å²) in [6.07, 6.45) is 0.887. The van der Waals surface area contributed by atoms with Crippen LogP contribution in [0.3, 0.4) is 0 Å². The summed E-state index contributed by atoms with van der Waals surface area (Å²) in [5.74, 6) is 2.24. The molecule has 5 nitrogen and oxygen atoms in total. The van der Waals surface area contributed by atoms with E-state index in [0.717, 1.165) is 28.8 Å². The van der Waals surface area contributed by atoms with Crippen molar-refractivity contribution in [1.29, 1.82) is 0 Å². The first kappa shape index (κ1) is 13.2. The van der Waals surface area contributed by atoms with E-state index in [9.17, 15) is 0 Å². The summed E-state index contributed by atoms with van der Waals surface area (Å²) in [6.45, 7) is 6.25. The van der Waals surface area contributed by atoms with Gasteiger partial charge in [0.2, 0.25) is 0 Å². The van der Waals surface area contributed by atoms with Gasteiger partial charge in [0.05, 0.1) is 6.04 Å². The van der Waals surface area contributed by atoms with Crippen LogP contribution >= 0.6 is 11.3 Å². The molecule has 98 valence electrons. The Bertz CT molecular complexity index is 526. The SMILES string of the molecule is CC(C)Cc1nc(-c2csc(C(C)N)n2)n(C)n1. The van der Waals surface area contributed by atoms with E-state index in [1.807, 2.05) is 19.4 Å². The average Bonchev–Trinajstić information content (AvgIpc) is 2.83. The van der Waals surface area contributed by atoms with Crippen LogP contribution in [0.2, 0.25) is 0 Å². The summed E-state index contributed by atoms with van der Waals surface area (Å²) in [5, 5.41) is 7.34. The molecule has 0 spiro atoms. The number of aromatic nitrogens is 4. The van der Waals surface area contributed by atoms with Crippen molar-refractivity contribution in [2.75, 3.05) is 0 Å². The van der Waals surface area contributed by atoms with Gasteiger partial charge in [0, 0.05) is 18.8 Å². The second-order valence-corrected chi connectivity index (χ2v) is 5.82. The van der Waals surface area contributed by atoms with Gasteiger partial charge >= 0.3 is 0 Å². The van der Waals surface area contributed by atoms with Crippen LogP contribution < -0.4 is 5.73 Å². The molecular formula is C12H19N5S. The lowest BCUT2D eigenvalue weighted by molar-refractivity contribution is 0.613. The highest BCUT2D eigenvalue weighted by atomic mass is 32.1. The molecule has 0 aliphatic rings. The third-order valence-electron chi connectivity index (χ3n) is 2.54. The highest BCUT2D eigenvalue weighted by Crippen LogP contribution is 2.23. The van der Waals surface area contributed by atoms with E-state index in [1.54, 1.807) is 16.0 Å². The molecule has 0 bridgehead atoms. The standard InChI is InChI=1S/C12H19N5S/c1-7(2)5-10-15-11(17(4)16-10)9-6-18-12(14-9)8(3)13/h6-8H,5,13H2,1-4H3. The summed E-state index contributed by atoms with van der Waals surface area (Å²) in [5.41, 5.74) is 6.68. The molecule has 2 aromatic rings. The first-order valence-electron chi connectivity index (χ1n) is 6.08. The fraction of sp³-hybridized carbons (Fsp3) is 0.583. The van der Waals surface area contributed by atoms with Gasteiger partial charge in [-0.1, -0.05) is 13.8 Å². The van der Waals surface area contributed by atoms with E-state index in [4.69, 9.17) is 5.73 Å². The van der Waals surface area contributed by atoms with Gasteiger partial charge in [-0.25, -0.2) is 14.6 Å². The molecule has 0 aliphatic carbocycles. The fourth-order valence-electron chi connectivity index (χ4n) is 1.71. The molecule has 0 radical (unpaired) electrons. The highest BCUT2D eigenvalue weighted by Gasteiger charge is 2.14. The van der Waals surface area contributed by atoms with E-state index < -0.39 is 0 Å². The van der Waals surface area contributed by atoms with Gasteiger partial charge in [-0.15, -0.1) is 11.3 Å². The summed E-state index contributed by atoms with van der Waals surface area (Å²) in [6, 6.07) is -0.0351. The summed E-state index contributed by atoms with van der Waals surface area (Å²) in [4.78, 5) is 9.05. The van der Waals surface area contributed by atoms with Crippen molar-refractivity contribution < 1.29 is 0 Å². The van der Waals surface area contributed by atoms with Crippen LogP contribution in [0.1, 0.15) is 37.6 Å². The van der Waals surface area contributed by atoms with Gasteiger partial charge < -0.3 is 5.73 Å². The van der Waals surface area contributed by atoms with E-state index in [2.05, 4.69) is 28.9 Å². The molecule has 0 saturated heterocycles. The number of aryl methyl sites for hydroxylation is 1. The molecule has 0 amide bonds. The minimum atomic E-state index is -0.0351. The largest absolute Gasteiger partial charge is 0.322 e. The van der Waals surface area contributed by atoms with Crippen molar-refractivity contribution in [2.45, 2.75) is 33.2 Å². The molecule has 0 fully saturated rings. The summed E-state index contributed by atoms with van der Waals surface area (Å²) < 4.78 is 1.79. The Morgan fingerprint density at radius 2 is 2.06 bits per heavy atom. The molecule has 2 N–H and O–H groups in total. The average molecular weight is 265 g/mol. The van der Waals surface area contributed by atoms with Crippen molar-refractivity contribution in [2.24, 2.45) is 18.7 Å². The van der Waals surface area contributed by atoms with Gasteiger partial charge in [0.25, 0.3) is 0 Å². The number of nitrogens with zero attached hydrogens (tertiary/aromatic N) is 4. The molecule has 0 saturated carbocycles. The number of hydrogen-bond donors (Lipinski definition) is 1. The monoisotopic (exact) mass is 265 g/mol. The Morgan fingerprint density at radius 1 is 1.33 bits per heavy atom. The Balaban J connectivity index is 2.29. The van der Waals surface area contributed by atoms with Crippen molar-refractivity contribution in [3.8, 4) is 11.5 Å². The van der Waals surface area contributed by atoms with Crippen molar-refractivity contribution in [3.63, 3.8) is 0 Å². The van der Waals surface area contributed by atoms with Crippen LogP contribution in [0.5, 0.6) is 0 Å². The van der Waals surface area contributed by atoms with Crippen LogP contribution in [0.4, 0.5) is 0 Å². The van der Waals surface area contributed by atoms with Crippen molar-refractivity contribution in [3.05, 3.63) is 16.2 Å². The Hall–Kier alpha value is -1.27. The van der Waals surface area contributed by atoms with Crippen LogP contribution in [-0.2, 0) is 13.5 Å². The summed E-state index contributed by atoms with van der Waals surface area (Å²) in [7, 11) is 1.90. The van der Waals surface area contributed by atoms with E-state index in [1.165, 1.54) is 0 Å². The van der Waals surface area contributed by atoms with E-state index >= 15 is 0 Å². The molecule has 1 atom stereocenters. The molecule has 6 heteroatoms. The number of hydrogen-bond acceptors (Lipinski definition) is 5. The van der Waals surface area contributed by atoms with E-state index in [0.29, 0.717) is 5.92 Å². The minimum Gasteiger partial charge on any atom is -0.322 e. The number of nitrogens with two attached hydrogens (primary N) is 1. The van der Waals surface area contributed by atoms with E-state index in [-0.39, 0.29) is 6.04 Å². The highest BCUT2D eigenvalue weighted by molar-refractivity contribution is 7.10. The molecule has 0 aromatic carbocycles. The van der Waals surface area contributed by atoms with Crippen LogP contribution in [0.15, 0.2) is 5.38 Å². The van der Waals surface area contributed by atoms with Crippen LogP contribution in [-0.4, -0.2) is 19.7 Å². The van der Waals surface area contributed by atoms with Gasteiger partial charge in [-0.3, -0.25) is 0 Å². The molecule has 2 rings (SSSR count). The lowest BCUT2D eigenvalue weighted by atomic mass is 10.1. The van der Waals surface area contributed by atoms with Crippen molar-refractivity contribution in [1.82, 2.24) is 19.7 Å². The fourth-order valence-corrected chi connectivity index (χ4v) is 2.47.